The van der Waals surface area contributed by atoms with Gasteiger partial charge in [-0.2, -0.15) is 0 Å². The summed E-state index contributed by atoms with van der Waals surface area (Å²) in [7, 11) is -3.68. The standard InChI is InChI=1S/C15H14ClFN2O3S/c1-2-7-23(21,22)13-5-3-10(8-12(13)17)15(20)19-11-4-6-14(16)18-9-11/h3-6,8-9H,2,7H2,1H3,(H,19,20). The Bertz CT molecular complexity index is 823. The van der Waals surface area contributed by atoms with E-state index in [9.17, 15) is 17.6 Å². The molecule has 0 saturated heterocycles. The Morgan fingerprint density at radius 3 is 2.61 bits per heavy atom. The Morgan fingerprint density at radius 2 is 2.04 bits per heavy atom. The van der Waals surface area contributed by atoms with Crippen LogP contribution in [0.2, 0.25) is 5.15 Å². The van der Waals surface area contributed by atoms with Crippen molar-refractivity contribution in [3.63, 3.8) is 0 Å². The van der Waals surface area contributed by atoms with Gasteiger partial charge in [-0.05, 0) is 36.8 Å². The van der Waals surface area contributed by atoms with Crippen molar-refractivity contribution in [3.05, 3.63) is 53.1 Å². The predicted molar refractivity (Wildman–Crippen MR) is 85.9 cm³/mol. The van der Waals surface area contributed by atoms with Crippen molar-refractivity contribution in [3.8, 4) is 0 Å². The molecule has 23 heavy (non-hydrogen) atoms. The highest BCUT2D eigenvalue weighted by atomic mass is 35.5. The minimum Gasteiger partial charge on any atom is -0.321 e. The molecular weight excluding hydrogens is 343 g/mol. The van der Waals surface area contributed by atoms with E-state index in [2.05, 4.69) is 10.3 Å². The second-order valence-corrected chi connectivity index (χ2v) is 7.25. The van der Waals surface area contributed by atoms with Crippen molar-refractivity contribution in [1.82, 2.24) is 4.98 Å². The molecule has 2 rings (SSSR count). The van der Waals surface area contributed by atoms with Crippen molar-refractivity contribution in [1.29, 1.82) is 0 Å². The first-order chi connectivity index (χ1) is 10.8. The summed E-state index contributed by atoms with van der Waals surface area (Å²) in [6, 6.07) is 6.32. The van der Waals surface area contributed by atoms with E-state index in [0.717, 1.165) is 12.1 Å². The fraction of sp³-hybridized carbons (Fsp3) is 0.200. The fourth-order valence-electron chi connectivity index (χ4n) is 1.93. The number of anilines is 1. The van der Waals surface area contributed by atoms with Crippen LogP contribution in [0.1, 0.15) is 23.7 Å². The zero-order valence-corrected chi connectivity index (χ0v) is 13.8. The number of carbonyl (C=O) groups excluding carboxylic acids is 1. The molecule has 1 heterocycles. The first-order valence-electron chi connectivity index (χ1n) is 6.78. The van der Waals surface area contributed by atoms with Crippen LogP contribution in [-0.2, 0) is 9.84 Å². The maximum absolute atomic E-state index is 14.0. The van der Waals surface area contributed by atoms with E-state index in [1.165, 1.54) is 18.3 Å². The van der Waals surface area contributed by atoms with Crippen molar-refractivity contribution >= 4 is 33.0 Å². The zero-order valence-electron chi connectivity index (χ0n) is 12.2. The highest BCUT2D eigenvalue weighted by Gasteiger charge is 2.20. The number of pyridine rings is 1. The van der Waals surface area contributed by atoms with Gasteiger partial charge in [-0.3, -0.25) is 4.79 Å². The molecule has 0 saturated carbocycles. The minimum atomic E-state index is -3.68. The van der Waals surface area contributed by atoms with Gasteiger partial charge in [0.15, 0.2) is 9.84 Å². The third-order valence-electron chi connectivity index (χ3n) is 2.99. The fourth-order valence-corrected chi connectivity index (χ4v) is 3.43. The quantitative estimate of drug-likeness (QED) is 0.834. The van der Waals surface area contributed by atoms with Gasteiger partial charge in [0.05, 0.1) is 17.6 Å². The van der Waals surface area contributed by atoms with Crippen molar-refractivity contribution < 1.29 is 17.6 Å². The SMILES string of the molecule is CCCS(=O)(=O)c1ccc(C(=O)Nc2ccc(Cl)nc2)cc1F. The van der Waals surface area contributed by atoms with Gasteiger partial charge in [0.25, 0.3) is 5.91 Å². The first kappa shape index (κ1) is 17.4. The molecule has 0 unspecified atom stereocenters. The van der Waals surface area contributed by atoms with E-state index < -0.39 is 26.5 Å². The smallest absolute Gasteiger partial charge is 0.255 e. The summed E-state index contributed by atoms with van der Waals surface area (Å²) >= 11 is 5.64. The first-order valence-corrected chi connectivity index (χ1v) is 8.81. The Balaban J connectivity index is 2.23. The Morgan fingerprint density at radius 1 is 1.30 bits per heavy atom. The number of aromatic nitrogens is 1. The number of hydrogen-bond acceptors (Lipinski definition) is 4. The van der Waals surface area contributed by atoms with Gasteiger partial charge in [-0.25, -0.2) is 17.8 Å². The molecule has 0 aliphatic rings. The van der Waals surface area contributed by atoms with Crippen molar-refractivity contribution in [2.45, 2.75) is 18.2 Å². The van der Waals surface area contributed by atoms with E-state index in [1.807, 2.05) is 0 Å². The van der Waals surface area contributed by atoms with Crippen LogP contribution in [0.5, 0.6) is 0 Å². The summed E-state index contributed by atoms with van der Waals surface area (Å²) in [5.41, 5.74) is 0.399. The second kappa shape index (κ2) is 7.06. The summed E-state index contributed by atoms with van der Waals surface area (Å²) in [4.78, 5) is 15.5. The van der Waals surface area contributed by atoms with Crippen LogP contribution >= 0.6 is 11.6 Å². The molecule has 122 valence electrons. The molecule has 8 heteroatoms. The lowest BCUT2D eigenvalue weighted by molar-refractivity contribution is 0.102. The number of amides is 1. The minimum absolute atomic E-state index is 0.00731. The Kier molecular flexibility index (Phi) is 5.33. The van der Waals surface area contributed by atoms with Gasteiger partial charge in [-0.1, -0.05) is 18.5 Å². The van der Waals surface area contributed by atoms with Gasteiger partial charge < -0.3 is 5.32 Å². The maximum Gasteiger partial charge on any atom is 0.255 e. The van der Waals surface area contributed by atoms with E-state index >= 15 is 0 Å². The summed E-state index contributed by atoms with van der Waals surface area (Å²) in [6.07, 6.45) is 1.74. The summed E-state index contributed by atoms with van der Waals surface area (Å²) in [5, 5.41) is 2.80. The highest BCUT2D eigenvalue weighted by molar-refractivity contribution is 7.91. The van der Waals surface area contributed by atoms with E-state index in [-0.39, 0.29) is 16.5 Å². The molecule has 0 aliphatic carbocycles. The summed E-state index contributed by atoms with van der Waals surface area (Å²) < 4.78 is 37.8. The molecule has 2 aromatic rings. The molecule has 0 bridgehead atoms. The Labute approximate surface area is 138 Å². The normalized spacial score (nSPS) is 11.3. The summed E-state index contributed by atoms with van der Waals surface area (Å²) in [5.74, 6) is -1.67. The zero-order chi connectivity index (χ0) is 17.0. The van der Waals surface area contributed by atoms with E-state index in [4.69, 9.17) is 11.6 Å². The van der Waals surface area contributed by atoms with Crippen LogP contribution in [0.15, 0.2) is 41.4 Å². The van der Waals surface area contributed by atoms with Crippen LogP contribution in [-0.4, -0.2) is 25.1 Å². The molecule has 5 nitrogen and oxygen atoms in total. The molecule has 0 aliphatic heterocycles. The predicted octanol–water partition coefficient (Wildman–Crippen LogP) is 3.31. The van der Waals surface area contributed by atoms with Crippen LogP contribution in [0.25, 0.3) is 0 Å². The largest absolute Gasteiger partial charge is 0.321 e. The number of sulfone groups is 1. The van der Waals surface area contributed by atoms with Crippen LogP contribution in [0, 0.1) is 5.82 Å². The molecule has 0 radical (unpaired) electrons. The topological polar surface area (TPSA) is 76.1 Å². The second-order valence-electron chi connectivity index (χ2n) is 4.79. The highest BCUT2D eigenvalue weighted by Crippen LogP contribution is 2.19. The lowest BCUT2D eigenvalue weighted by Crippen LogP contribution is -2.14. The number of nitrogens with zero attached hydrogens (tertiary/aromatic N) is 1. The van der Waals surface area contributed by atoms with E-state index in [1.54, 1.807) is 13.0 Å². The van der Waals surface area contributed by atoms with Crippen LogP contribution < -0.4 is 5.32 Å². The average Bonchev–Trinajstić information content (AvgIpc) is 2.49. The number of rotatable bonds is 5. The lowest BCUT2D eigenvalue weighted by atomic mass is 10.2. The lowest BCUT2D eigenvalue weighted by Gasteiger charge is -2.08. The molecule has 1 amide bonds. The number of halogens is 2. The molecule has 1 N–H and O–H groups in total. The number of nitrogens with one attached hydrogen (secondary N) is 1. The van der Waals surface area contributed by atoms with E-state index in [0.29, 0.717) is 12.1 Å². The molecule has 1 aromatic heterocycles. The number of benzene rings is 1. The van der Waals surface area contributed by atoms with Crippen molar-refractivity contribution in [2.75, 3.05) is 11.1 Å². The summed E-state index contributed by atoms with van der Waals surface area (Å²) in [6.45, 7) is 1.69. The third-order valence-corrected chi connectivity index (χ3v) is 5.16. The third kappa shape index (κ3) is 4.27. The van der Waals surface area contributed by atoms with Gasteiger partial charge in [-0.15, -0.1) is 0 Å². The molecule has 0 fully saturated rings. The van der Waals surface area contributed by atoms with Gasteiger partial charge in [0.1, 0.15) is 15.9 Å². The maximum atomic E-state index is 14.0. The molecule has 0 atom stereocenters. The molecule has 1 aromatic carbocycles. The van der Waals surface area contributed by atoms with Gasteiger partial charge in [0, 0.05) is 5.56 Å². The monoisotopic (exact) mass is 356 g/mol. The van der Waals surface area contributed by atoms with Gasteiger partial charge in [0.2, 0.25) is 0 Å². The number of carbonyl (C=O) groups is 1. The van der Waals surface area contributed by atoms with Crippen LogP contribution in [0.4, 0.5) is 10.1 Å². The number of hydrogen-bond donors (Lipinski definition) is 1. The molecular formula is C15H14ClFN2O3S. The van der Waals surface area contributed by atoms with Crippen LogP contribution in [0.3, 0.4) is 0 Å². The molecule has 0 spiro atoms. The van der Waals surface area contributed by atoms with Crippen molar-refractivity contribution in [2.24, 2.45) is 0 Å². The van der Waals surface area contributed by atoms with Gasteiger partial charge >= 0.3 is 0 Å². The average molecular weight is 357 g/mol. The Hall–Kier alpha value is -1.99.